The van der Waals surface area contributed by atoms with Crippen molar-refractivity contribution in [3.63, 3.8) is 0 Å². The van der Waals surface area contributed by atoms with Crippen molar-refractivity contribution in [2.24, 2.45) is 5.73 Å². The fraction of sp³-hybridized carbons (Fsp3) is 0.278. The van der Waals surface area contributed by atoms with Crippen molar-refractivity contribution in [2.75, 3.05) is 29.5 Å². The number of nitrogen functional groups attached to an aromatic ring is 2. The number of imidazole rings is 1. The van der Waals surface area contributed by atoms with Crippen LogP contribution in [0.4, 0.5) is 17.1 Å². The Morgan fingerprint density at radius 3 is 2.54 bits per heavy atom. The van der Waals surface area contributed by atoms with E-state index in [4.69, 9.17) is 17.2 Å². The quantitative estimate of drug-likeness (QED) is 0.541. The number of piperidine rings is 1. The number of nitrogens with two attached hydrogens (primary N) is 3. The van der Waals surface area contributed by atoms with Crippen LogP contribution in [0, 0.1) is 0 Å². The molecule has 6 nitrogen and oxygen atoms in total. The van der Waals surface area contributed by atoms with Gasteiger partial charge in [-0.1, -0.05) is 0 Å². The maximum absolute atomic E-state index is 5.99. The van der Waals surface area contributed by atoms with Crippen LogP contribution >= 0.6 is 0 Å². The van der Waals surface area contributed by atoms with E-state index in [1.54, 1.807) is 6.07 Å². The Hall–Kier alpha value is -2.73. The molecule has 1 saturated heterocycles. The second-order valence-electron chi connectivity index (χ2n) is 6.46. The van der Waals surface area contributed by atoms with Gasteiger partial charge in [0.25, 0.3) is 0 Å². The molecular weight excluding hydrogens is 300 g/mol. The van der Waals surface area contributed by atoms with Crippen LogP contribution in [0.5, 0.6) is 0 Å². The van der Waals surface area contributed by atoms with Gasteiger partial charge < -0.3 is 27.1 Å². The van der Waals surface area contributed by atoms with Crippen LogP contribution in [0.1, 0.15) is 12.8 Å². The van der Waals surface area contributed by atoms with E-state index < -0.39 is 0 Å². The monoisotopic (exact) mass is 322 g/mol. The lowest BCUT2D eigenvalue weighted by atomic mass is 10.1. The zero-order valence-corrected chi connectivity index (χ0v) is 13.5. The predicted molar refractivity (Wildman–Crippen MR) is 99.8 cm³/mol. The highest BCUT2D eigenvalue weighted by atomic mass is 15.1. The van der Waals surface area contributed by atoms with Crippen molar-refractivity contribution in [3.8, 4) is 11.4 Å². The van der Waals surface area contributed by atoms with Crippen molar-refractivity contribution in [3.05, 3.63) is 36.4 Å². The minimum Gasteiger partial charge on any atom is -0.397 e. The molecule has 0 spiro atoms. The summed E-state index contributed by atoms with van der Waals surface area (Å²) in [5.41, 5.74) is 22.9. The van der Waals surface area contributed by atoms with Gasteiger partial charge in [0.2, 0.25) is 0 Å². The smallest absolute Gasteiger partial charge is 0.138 e. The minimum atomic E-state index is 0.333. The van der Waals surface area contributed by atoms with E-state index in [9.17, 15) is 0 Å². The number of hydrogen-bond donors (Lipinski definition) is 4. The van der Waals surface area contributed by atoms with Crippen molar-refractivity contribution >= 4 is 28.1 Å². The Balaban J connectivity index is 1.67. The topological polar surface area (TPSA) is 110 Å². The van der Waals surface area contributed by atoms with Gasteiger partial charge in [0, 0.05) is 30.4 Å². The predicted octanol–water partition coefficient (Wildman–Crippen LogP) is 2.32. The molecule has 2 heterocycles. The molecule has 0 saturated carbocycles. The van der Waals surface area contributed by atoms with Crippen LogP contribution in [0.15, 0.2) is 36.4 Å². The molecule has 2 aromatic carbocycles. The van der Waals surface area contributed by atoms with Crippen LogP contribution < -0.4 is 22.1 Å². The molecule has 3 aromatic rings. The number of rotatable bonds is 2. The Labute approximate surface area is 140 Å². The lowest BCUT2D eigenvalue weighted by Gasteiger charge is -2.31. The second-order valence-corrected chi connectivity index (χ2v) is 6.46. The summed E-state index contributed by atoms with van der Waals surface area (Å²) in [6.07, 6.45) is 2.08. The number of nitrogens with one attached hydrogen (secondary N) is 1. The fourth-order valence-electron chi connectivity index (χ4n) is 3.21. The van der Waals surface area contributed by atoms with E-state index in [0.29, 0.717) is 17.4 Å². The molecule has 124 valence electrons. The van der Waals surface area contributed by atoms with Crippen LogP contribution in [-0.4, -0.2) is 29.1 Å². The van der Waals surface area contributed by atoms with E-state index in [2.05, 4.69) is 33.1 Å². The maximum Gasteiger partial charge on any atom is 0.138 e. The average molecular weight is 322 g/mol. The van der Waals surface area contributed by atoms with Gasteiger partial charge in [-0.15, -0.1) is 0 Å². The van der Waals surface area contributed by atoms with E-state index in [1.165, 1.54) is 5.69 Å². The molecule has 1 aromatic heterocycles. The molecule has 0 unspecified atom stereocenters. The second kappa shape index (κ2) is 5.72. The molecule has 4 rings (SSSR count). The van der Waals surface area contributed by atoms with Gasteiger partial charge in [-0.05, 0) is 49.2 Å². The standard InChI is InChI=1S/C18H22N6/c19-12-5-7-24(8-6-12)13-2-4-16-17(10-13)23-18(22-16)11-1-3-14(20)15(21)9-11/h1-4,9-10,12H,5-8,19-21H2,(H,22,23). The summed E-state index contributed by atoms with van der Waals surface area (Å²) in [4.78, 5) is 10.4. The summed E-state index contributed by atoms with van der Waals surface area (Å²) in [5.74, 6) is 0.800. The van der Waals surface area contributed by atoms with Crippen LogP contribution in [-0.2, 0) is 0 Å². The molecule has 1 aliphatic heterocycles. The Morgan fingerprint density at radius 2 is 1.79 bits per heavy atom. The minimum absolute atomic E-state index is 0.333. The lowest BCUT2D eigenvalue weighted by Crippen LogP contribution is -2.39. The Morgan fingerprint density at radius 1 is 1.00 bits per heavy atom. The SMILES string of the molecule is Nc1ccc(-c2nc3ccc(N4CCC(N)CC4)cc3[nH]2)cc1N. The largest absolute Gasteiger partial charge is 0.397 e. The summed E-state index contributed by atoms with van der Waals surface area (Å²) < 4.78 is 0. The number of anilines is 3. The molecule has 7 N–H and O–H groups in total. The average Bonchev–Trinajstić information content (AvgIpc) is 3.01. The zero-order chi connectivity index (χ0) is 16.7. The summed E-state index contributed by atoms with van der Waals surface area (Å²) in [7, 11) is 0. The first-order chi connectivity index (χ1) is 11.6. The molecule has 0 atom stereocenters. The normalized spacial score (nSPS) is 16.0. The van der Waals surface area contributed by atoms with Gasteiger partial charge >= 0.3 is 0 Å². The molecule has 0 aliphatic carbocycles. The van der Waals surface area contributed by atoms with Gasteiger partial charge in [-0.3, -0.25) is 0 Å². The highest BCUT2D eigenvalue weighted by Crippen LogP contribution is 2.28. The third kappa shape index (κ3) is 2.65. The Bertz CT molecular complexity index is 876. The first-order valence-electron chi connectivity index (χ1n) is 8.26. The summed E-state index contributed by atoms with van der Waals surface area (Å²) >= 11 is 0. The van der Waals surface area contributed by atoms with Crippen LogP contribution in [0.2, 0.25) is 0 Å². The third-order valence-electron chi connectivity index (χ3n) is 4.73. The zero-order valence-electron chi connectivity index (χ0n) is 13.5. The van der Waals surface area contributed by atoms with Crippen molar-refractivity contribution < 1.29 is 0 Å². The summed E-state index contributed by atoms with van der Waals surface area (Å²) in [5, 5.41) is 0. The van der Waals surface area contributed by atoms with Crippen LogP contribution in [0.25, 0.3) is 22.4 Å². The Kier molecular flexibility index (Phi) is 3.54. The number of benzene rings is 2. The number of hydrogen-bond acceptors (Lipinski definition) is 5. The van der Waals surface area contributed by atoms with Gasteiger partial charge in [-0.2, -0.15) is 0 Å². The lowest BCUT2D eigenvalue weighted by molar-refractivity contribution is 0.501. The van der Waals surface area contributed by atoms with Gasteiger partial charge in [0.15, 0.2) is 0 Å². The highest BCUT2D eigenvalue weighted by Gasteiger charge is 2.17. The van der Waals surface area contributed by atoms with Crippen molar-refractivity contribution in [2.45, 2.75) is 18.9 Å². The number of aromatic nitrogens is 2. The number of nitrogens with zero attached hydrogens (tertiary/aromatic N) is 2. The molecule has 24 heavy (non-hydrogen) atoms. The number of fused-ring (bicyclic) bond motifs is 1. The fourth-order valence-corrected chi connectivity index (χ4v) is 3.21. The molecule has 1 fully saturated rings. The maximum atomic E-state index is 5.99. The molecule has 0 bridgehead atoms. The van der Waals surface area contributed by atoms with E-state index >= 15 is 0 Å². The van der Waals surface area contributed by atoms with Crippen molar-refractivity contribution in [1.29, 1.82) is 0 Å². The van der Waals surface area contributed by atoms with Gasteiger partial charge in [-0.25, -0.2) is 4.98 Å². The summed E-state index contributed by atoms with van der Waals surface area (Å²) in [6, 6.07) is 12.3. The highest BCUT2D eigenvalue weighted by molar-refractivity contribution is 5.84. The van der Waals surface area contributed by atoms with Crippen LogP contribution in [0.3, 0.4) is 0 Å². The van der Waals surface area contributed by atoms with E-state index in [-0.39, 0.29) is 0 Å². The van der Waals surface area contributed by atoms with E-state index in [0.717, 1.165) is 48.4 Å². The van der Waals surface area contributed by atoms with Gasteiger partial charge in [0.05, 0.1) is 22.4 Å². The first-order valence-corrected chi connectivity index (χ1v) is 8.26. The molecule has 0 amide bonds. The number of aromatic amines is 1. The molecular formula is C18H22N6. The molecule has 1 aliphatic rings. The number of H-pyrrole nitrogens is 1. The molecule has 0 radical (unpaired) electrons. The first kappa shape index (κ1) is 14.8. The van der Waals surface area contributed by atoms with Gasteiger partial charge in [0.1, 0.15) is 5.82 Å². The molecule has 6 heteroatoms. The summed E-state index contributed by atoms with van der Waals surface area (Å²) in [6.45, 7) is 2.00. The van der Waals surface area contributed by atoms with E-state index in [1.807, 2.05) is 12.1 Å². The van der Waals surface area contributed by atoms with Crippen molar-refractivity contribution in [1.82, 2.24) is 9.97 Å². The third-order valence-corrected chi connectivity index (χ3v) is 4.73.